The Hall–Kier alpha value is -2.15. The molecule has 0 aliphatic carbocycles. The van der Waals surface area contributed by atoms with Crippen LogP contribution in [0.5, 0.6) is 0 Å². The van der Waals surface area contributed by atoms with Gasteiger partial charge in [0.25, 0.3) is 11.6 Å². The standard InChI is InChI=1S/C14H21N3O4/c1-9(18)7-14(2,3)8-16-13(19)10-5-4-6-11(12(10)15)17(20)21/h4-6,9,18H,7-8,15H2,1-3H3,(H,16,19). The van der Waals surface area contributed by atoms with Crippen molar-refractivity contribution in [1.29, 1.82) is 0 Å². The van der Waals surface area contributed by atoms with Gasteiger partial charge in [-0.05, 0) is 24.8 Å². The molecule has 0 radical (unpaired) electrons. The minimum atomic E-state index is -0.622. The molecule has 0 bridgehead atoms. The van der Waals surface area contributed by atoms with E-state index in [4.69, 9.17) is 5.73 Å². The zero-order chi connectivity index (χ0) is 16.2. The lowest BCUT2D eigenvalue weighted by molar-refractivity contribution is -0.383. The van der Waals surface area contributed by atoms with Crippen molar-refractivity contribution in [3.8, 4) is 0 Å². The molecular weight excluding hydrogens is 274 g/mol. The van der Waals surface area contributed by atoms with E-state index in [9.17, 15) is 20.0 Å². The van der Waals surface area contributed by atoms with E-state index in [2.05, 4.69) is 5.32 Å². The van der Waals surface area contributed by atoms with Crippen LogP contribution in [0.15, 0.2) is 18.2 Å². The maximum atomic E-state index is 12.1. The fourth-order valence-electron chi connectivity index (χ4n) is 2.20. The second-order valence-corrected chi connectivity index (χ2v) is 5.90. The van der Waals surface area contributed by atoms with Crippen LogP contribution in [0.3, 0.4) is 0 Å². The quantitative estimate of drug-likeness (QED) is 0.419. The van der Waals surface area contributed by atoms with E-state index in [0.717, 1.165) is 0 Å². The lowest BCUT2D eigenvalue weighted by Gasteiger charge is -2.26. The van der Waals surface area contributed by atoms with E-state index >= 15 is 0 Å². The van der Waals surface area contributed by atoms with Gasteiger partial charge in [-0.2, -0.15) is 0 Å². The average Bonchev–Trinajstić information content (AvgIpc) is 2.34. The molecule has 1 atom stereocenters. The van der Waals surface area contributed by atoms with Crippen LogP contribution in [0.4, 0.5) is 11.4 Å². The van der Waals surface area contributed by atoms with Gasteiger partial charge in [-0.3, -0.25) is 14.9 Å². The number of para-hydroxylation sites is 1. The van der Waals surface area contributed by atoms with Crippen LogP contribution in [0.25, 0.3) is 0 Å². The van der Waals surface area contributed by atoms with E-state index in [1.54, 1.807) is 6.92 Å². The zero-order valence-corrected chi connectivity index (χ0v) is 12.4. The van der Waals surface area contributed by atoms with Gasteiger partial charge in [-0.15, -0.1) is 0 Å². The molecule has 1 unspecified atom stereocenters. The van der Waals surface area contributed by atoms with Crippen molar-refractivity contribution in [3.63, 3.8) is 0 Å². The summed E-state index contributed by atoms with van der Waals surface area (Å²) in [4.78, 5) is 22.3. The first-order valence-electron chi connectivity index (χ1n) is 6.63. The molecule has 0 fully saturated rings. The third-order valence-corrected chi connectivity index (χ3v) is 3.10. The molecular formula is C14H21N3O4. The van der Waals surface area contributed by atoms with Gasteiger partial charge in [0.2, 0.25) is 0 Å². The summed E-state index contributed by atoms with van der Waals surface area (Å²) in [6.07, 6.45) is 0.0531. The molecule has 1 aromatic carbocycles. The number of nitrogens with two attached hydrogens (primary N) is 1. The summed E-state index contributed by atoms with van der Waals surface area (Å²) in [6, 6.07) is 4.12. The van der Waals surface area contributed by atoms with Crippen molar-refractivity contribution in [2.75, 3.05) is 12.3 Å². The summed E-state index contributed by atoms with van der Waals surface area (Å²) in [7, 11) is 0. The number of aliphatic hydroxyl groups is 1. The first kappa shape index (κ1) is 16.9. The predicted molar refractivity (Wildman–Crippen MR) is 79.9 cm³/mol. The number of benzene rings is 1. The number of aliphatic hydroxyl groups excluding tert-OH is 1. The number of nitrogens with zero attached hydrogens (tertiary/aromatic N) is 1. The van der Waals surface area contributed by atoms with Gasteiger partial charge in [0.15, 0.2) is 0 Å². The van der Waals surface area contributed by atoms with E-state index in [1.807, 2.05) is 13.8 Å². The SMILES string of the molecule is CC(O)CC(C)(C)CNC(=O)c1cccc([N+](=O)[O-])c1N. The average molecular weight is 295 g/mol. The molecule has 0 spiro atoms. The fraction of sp³-hybridized carbons (Fsp3) is 0.500. The monoisotopic (exact) mass is 295 g/mol. The van der Waals surface area contributed by atoms with Crippen molar-refractivity contribution < 1.29 is 14.8 Å². The van der Waals surface area contributed by atoms with E-state index in [1.165, 1.54) is 18.2 Å². The highest BCUT2D eigenvalue weighted by atomic mass is 16.6. The first-order chi connectivity index (χ1) is 9.64. The van der Waals surface area contributed by atoms with Crippen molar-refractivity contribution in [2.45, 2.75) is 33.3 Å². The summed E-state index contributed by atoms with van der Waals surface area (Å²) >= 11 is 0. The van der Waals surface area contributed by atoms with Crippen molar-refractivity contribution in [1.82, 2.24) is 5.32 Å². The molecule has 0 saturated carbocycles. The molecule has 7 nitrogen and oxygen atoms in total. The van der Waals surface area contributed by atoms with Gasteiger partial charge < -0.3 is 16.2 Å². The number of nitrogen functional groups attached to an aromatic ring is 1. The summed E-state index contributed by atoms with van der Waals surface area (Å²) in [5.74, 6) is -0.463. The number of nitro benzene ring substituents is 1. The van der Waals surface area contributed by atoms with Crippen molar-refractivity contribution in [3.05, 3.63) is 33.9 Å². The molecule has 0 aliphatic rings. The topological polar surface area (TPSA) is 118 Å². The number of hydrogen-bond donors (Lipinski definition) is 3. The second-order valence-electron chi connectivity index (χ2n) is 5.90. The van der Waals surface area contributed by atoms with Crippen LogP contribution in [-0.2, 0) is 0 Å². The predicted octanol–water partition coefficient (Wildman–Crippen LogP) is 1.70. The van der Waals surface area contributed by atoms with Gasteiger partial charge in [0, 0.05) is 12.6 Å². The number of carbonyl (C=O) groups excluding carboxylic acids is 1. The molecule has 1 amide bonds. The maximum absolute atomic E-state index is 12.1. The third-order valence-electron chi connectivity index (χ3n) is 3.10. The van der Waals surface area contributed by atoms with Gasteiger partial charge in [-0.1, -0.05) is 19.9 Å². The number of anilines is 1. The van der Waals surface area contributed by atoms with Crippen LogP contribution in [-0.4, -0.2) is 28.6 Å². The van der Waals surface area contributed by atoms with Crippen molar-refractivity contribution >= 4 is 17.3 Å². The Bertz CT molecular complexity index is 541. The molecule has 0 saturated heterocycles. The van der Waals surface area contributed by atoms with Gasteiger partial charge in [-0.25, -0.2) is 0 Å². The van der Waals surface area contributed by atoms with Crippen LogP contribution in [0.2, 0.25) is 0 Å². The normalized spacial score (nSPS) is 12.8. The third kappa shape index (κ3) is 4.71. The second kappa shape index (κ2) is 6.53. The maximum Gasteiger partial charge on any atom is 0.292 e. The highest BCUT2D eigenvalue weighted by Gasteiger charge is 2.23. The highest BCUT2D eigenvalue weighted by Crippen LogP contribution is 2.25. The van der Waals surface area contributed by atoms with Crippen LogP contribution in [0, 0.1) is 15.5 Å². The van der Waals surface area contributed by atoms with Crippen LogP contribution in [0.1, 0.15) is 37.6 Å². The Kier molecular flexibility index (Phi) is 5.26. The van der Waals surface area contributed by atoms with E-state index < -0.39 is 16.9 Å². The summed E-state index contributed by atoms with van der Waals surface area (Å²) < 4.78 is 0. The molecule has 21 heavy (non-hydrogen) atoms. The fourth-order valence-corrected chi connectivity index (χ4v) is 2.20. The molecule has 116 valence electrons. The van der Waals surface area contributed by atoms with Crippen molar-refractivity contribution in [2.24, 2.45) is 5.41 Å². The number of nitrogens with one attached hydrogen (secondary N) is 1. The smallest absolute Gasteiger partial charge is 0.292 e. The summed E-state index contributed by atoms with van der Waals surface area (Å²) in [5.41, 5.74) is 5.02. The Balaban J connectivity index is 2.82. The Morgan fingerprint density at radius 2 is 2.14 bits per heavy atom. The Labute approximate surface area is 123 Å². The van der Waals surface area contributed by atoms with Gasteiger partial charge in [0.1, 0.15) is 5.69 Å². The molecule has 4 N–H and O–H groups in total. The van der Waals surface area contributed by atoms with Crippen LogP contribution < -0.4 is 11.1 Å². The minimum absolute atomic E-state index is 0.0806. The minimum Gasteiger partial charge on any atom is -0.393 e. The number of rotatable bonds is 6. The molecule has 0 heterocycles. The number of hydrogen-bond acceptors (Lipinski definition) is 5. The number of amides is 1. The summed E-state index contributed by atoms with van der Waals surface area (Å²) in [6.45, 7) is 5.84. The molecule has 1 rings (SSSR count). The van der Waals surface area contributed by atoms with Gasteiger partial charge in [0.05, 0.1) is 16.6 Å². The molecule has 0 aromatic heterocycles. The lowest BCUT2D eigenvalue weighted by Crippen LogP contribution is -2.36. The highest BCUT2D eigenvalue weighted by molar-refractivity contribution is 6.00. The van der Waals surface area contributed by atoms with E-state index in [0.29, 0.717) is 13.0 Å². The van der Waals surface area contributed by atoms with Gasteiger partial charge >= 0.3 is 0 Å². The van der Waals surface area contributed by atoms with E-state index in [-0.39, 0.29) is 22.4 Å². The first-order valence-corrected chi connectivity index (χ1v) is 6.63. The Morgan fingerprint density at radius 1 is 1.52 bits per heavy atom. The molecule has 7 heteroatoms. The summed E-state index contributed by atoms with van der Waals surface area (Å²) in [5, 5.41) is 22.9. The lowest BCUT2D eigenvalue weighted by atomic mass is 9.87. The molecule has 1 aromatic rings. The Morgan fingerprint density at radius 3 is 2.67 bits per heavy atom. The largest absolute Gasteiger partial charge is 0.393 e. The molecule has 0 aliphatic heterocycles. The van der Waals surface area contributed by atoms with Crippen LogP contribution >= 0.6 is 0 Å². The zero-order valence-electron chi connectivity index (χ0n) is 12.4. The number of carbonyl (C=O) groups is 1. The number of nitro groups is 1.